The van der Waals surface area contributed by atoms with Gasteiger partial charge in [0.15, 0.2) is 0 Å². The Morgan fingerprint density at radius 3 is 2.32 bits per heavy atom. The van der Waals surface area contributed by atoms with Gasteiger partial charge in [-0.15, -0.1) is 0 Å². The third-order valence-corrected chi connectivity index (χ3v) is 5.93. The van der Waals surface area contributed by atoms with Crippen LogP contribution < -0.4 is 5.32 Å². The van der Waals surface area contributed by atoms with E-state index in [0.717, 1.165) is 24.2 Å². The molecule has 3 unspecified atom stereocenters. The maximum absolute atomic E-state index is 3.79. The average molecular weight is 264 g/mol. The lowest BCUT2D eigenvalue weighted by Crippen LogP contribution is -2.53. The fourth-order valence-corrected chi connectivity index (χ4v) is 5.05. The highest BCUT2D eigenvalue weighted by Crippen LogP contribution is 2.39. The molecule has 3 fully saturated rings. The topological polar surface area (TPSA) is 15.3 Å². The van der Waals surface area contributed by atoms with Crippen LogP contribution in [0.2, 0.25) is 0 Å². The number of hydrogen-bond acceptors (Lipinski definition) is 2. The Balaban J connectivity index is 1.66. The third kappa shape index (κ3) is 3.00. The van der Waals surface area contributed by atoms with Gasteiger partial charge in [0.2, 0.25) is 0 Å². The SMILES string of the molecule is CCN(C1CC2CCC(C1)N2)C1CCCC(C)(C)C1. The van der Waals surface area contributed by atoms with Crippen molar-refractivity contribution in [2.24, 2.45) is 5.41 Å². The summed E-state index contributed by atoms with van der Waals surface area (Å²) in [5.74, 6) is 0. The molecule has 3 rings (SSSR count). The summed E-state index contributed by atoms with van der Waals surface area (Å²) in [4.78, 5) is 2.88. The monoisotopic (exact) mass is 264 g/mol. The molecule has 2 aliphatic heterocycles. The molecule has 1 saturated carbocycles. The molecular formula is C17H32N2. The third-order valence-electron chi connectivity index (χ3n) is 5.93. The first-order valence-electron chi connectivity index (χ1n) is 8.59. The summed E-state index contributed by atoms with van der Waals surface area (Å²) in [7, 11) is 0. The number of nitrogens with one attached hydrogen (secondary N) is 1. The highest BCUT2D eigenvalue weighted by Gasteiger charge is 2.39. The predicted molar refractivity (Wildman–Crippen MR) is 81.4 cm³/mol. The van der Waals surface area contributed by atoms with Gasteiger partial charge in [-0.1, -0.05) is 27.2 Å². The van der Waals surface area contributed by atoms with Crippen molar-refractivity contribution >= 4 is 0 Å². The molecule has 3 atom stereocenters. The normalized spacial score (nSPS) is 41.7. The summed E-state index contributed by atoms with van der Waals surface area (Å²) >= 11 is 0. The zero-order chi connectivity index (χ0) is 13.5. The highest BCUT2D eigenvalue weighted by atomic mass is 15.2. The molecule has 3 aliphatic rings. The second kappa shape index (κ2) is 5.37. The van der Waals surface area contributed by atoms with Gasteiger partial charge in [-0.2, -0.15) is 0 Å². The minimum Gasteiger partial charge on any atom is -0.311 e. The van der Waals surface area contributed by atoms with Crippen LogP contribution in [0.4, 0.5) is 0 Å². The van der Waals surface area contributed by atoms with Gasteiger partial charge in [-0.3, -0.25) is 4.90 Å². The van der Waals surface area contributed by atoms with Crippen LogP contribution in [0, 0.1) is 5.41 Å². The van der Waals surface area contributed by atoms with E-state index in [-0.39, 0.29) is 0 Å². The van der Waals surface area contributed by atoms with Crippen molar-refractivity contribution in [1.29, 1.82) is 0 Å². The van der Waals surface area contributed by atoms with Gasteiger partial charge in [-0.25, -0.2) is 0 Å². The molecule has 110 valence electrons. The van der Waals surface area contributed by atoms with Gasteiger partial charge in [-0.05, 0) is 56.9 Å². The van der Waals surface area contributed by atoms with E-state index in [2.05, 4.69) is 31.0 Å². The largest absolute Gasteiger partial charge is 0.311 e. The van der Waals surface area contributed by atoms with Crippen molar-refractivity contribution in [2.75, 3.05) is 6.54 Å². The molecule has 19 heavy (non-hydrogen) atoms. The van der Waals surface area contributed by atoms with Crippen molar-refractivity contribution in [2.45, 2.75) is 96.3 Å². The number of hydrogen-bond donors (Lipinski definition) is 1. The van der Waals surface area contributed by atoms with Crippen molar-refractivity contribution in [3.8, 4) is 0 Å². The Morgan fingerprint density at radius 1 is 1.05 bits per heavy atom. The molecule has 0 aromatic rings. The van der Waals surface area contributed by atoms with E-state index in [9.17, 15) is 0 Å². The molecule has 0 spiro atoms. The fraction of sp³-hybridized carbons (Fsp3) is 1.00. The van der Waals surface area contributed by atoms with Crippen LogP contribution in [0.3, 0.4) is 0 Å². The predicted octanol–water partition coefficient (Wildman–Crippen LogP) is 3.56. The first kappa shape index (κ1) is 13.9. The molecule has 2 heteroatoms. The molecular weight excluding hydrogens is 232 g/mol. The minimum absolute atomic E-state index is 0.572. The average Bonchev–Trinajstić information content (AvgIpc) is 2.68. The quantitative estimate of drug-likeness (QED) is 0.838. The van der Waals surface area contributed by atoms with Gasteiger partial charge in [0.25, 0.3) is 0 Å². The zero-order valence-corrected chi connectivity index (χ0v) is 13.1. The maximum atomic E-state index is 3.79. The minimum atomic E-state index is 0.572. The molecule has 0 aromatic carbocycles. The van der Waals surface area contributed by atoms with E-state index in [1.807, 2.05) is 0 Å². The molecule has 2 heterocycles. The molecule has 0 radical (unpaired) electrons. The first-order chi connectivity index (χ1) is 9.07. The van der Waals surface area contributed by atoms with E-state index in [0.29, 0.717) is 5.41 Å². The van der Waals surface area contributed by atoms with Crippen LogP contribution in [0.1, 0.15) is 72.1 Å². The van der Waals surface area contributed by atoms with Crippen molar-refractivity contribution in [1.82, 2.24) is 10.2 Å². The van der Waals surface area contributed by atoms with Crippen molar-refractivity contribution in [3.63, 3.8) is 0 Å². The van der Waals surface area contributed by atoms with Gasteiger partial charge in [0.1, 0.15) is 0 Å². The van der Waals surface area contributed by atoms with Gasteiger partial charge < -0.3 is 5.32 Å². The Kier molecular flexibility index (Phi) is 3.92. The summed E-state index contributed by atoms with van der Waals surface area (Å²) in [5.41, 5.74) is 0.572. The second-order valence-corrected chi connectivity index (χ2v) is 8.01. The van der Waals surface area contributed by atoms with E-state index in [4.69, 9.17) is 0 Å². The number of fused-ring (bicyclic) bond motifs is 2. The van der Waals surface area contributed by atoms with Crippen LogP contribution in [0.5, 0.6) is 0 Å². The van der Waals surface area contributed by atoms with Crippen LogP contribution in [-0.2, 0) is 0 Å². The summed E-state index contributed by atoms with van der Waals surface area (Å²) in [5, 5.41) is 3.79. The van der Waals surface area contributed by atoms with Crippen LogP contribution in [0.15, 0.2) is 0 Å². The summed E-state index contributed by atoms with van der Waals surface area (Å²) in [6, 6.07) is 3.38. The molecule has 2 bridgehead atoms. The Morgan fingerprint density at radius 2 is 1.74 bits per heavy atom. The Hall–Kier alpha value is -0.0800. The van der Waals surface area contributed by atoms with E-state index in [1.54, 1.807) is 0 Å². The van der Waals surface area contributed by atoms with E-state index in [1.165, 1.54) is 57.9 Å². The van der Waals surface area contributed by atoms with Gasteiger partial charge in [0.05, 0.1) is 0 Å². The van der Waals surface area contributed by atoms with E-state index >= 15 is 0 Å². The molecule has 1 N–H and O–H groups in total. The molecule has 2 nitrogen and oxygen atoms in total. The Bertz CT molecular complexity index is 298. The second-order valence-electron chi connectivity index (χ2n) is 8.01. The van der Waals surface area contributed by atoms with Gasteiger partial charge in [0, 0.05) is 24.2 Å². The van der Waals surface area contributed by atoms with Crippen LogP contribution >= 0.6 is 0 Å². The lowest BCUT2D eigenvalue weighted by Gasteiger charge is -2.46. The smallest absolute Gasteiger partial charge is 0.0128 e. The summed E-state index contributed by atoms with van der Waals surface area (Å²) in [6.07, 6.45) is 11.4. The van der Waals surface area contributed by atoms with Crippen LogP contribution in [-0.4, -0.2) is 35.6 Å². The lowest BCUT2D eigenvalue weighted by atomic mass is 9.74. The Labute approximate surface area is 119 Å². The standard InChI is InChI=1S/C17H32N2/c1-4-19(15-6-5-9-17(2,3)12-15)16-10-13-7-8-14(11-16)18-13/h13-16,18H,4-12H2,1-3H3. The van der Waals surface area contributed by atoms with Crippen molar-refractivity contribution < 1.29 is 0 Å². The number of nitrogens with zero attached hydrogens (tertiary/aromatic N) is 1. The summed E-state index contributed by atoms with van der Waals surface area (Å²) < 4.78 is 0. The number of rotatable bonds is 3. The van der Waals surface area contributed by atoms with Gasteiger partial charge >= 0.3 is 0 Å². The molecule has 1 aliphatic carbocycles. The lowest BCUT2D eigenvalue weighted by molar-refractivity contribution is 0.0447. The maximum Gasteiger partial charge on any atom is 0.0128 e. The highest BCUT2D eigenvalue weighted by molar-refractivity contribution is 4.97. The van der Waals surface area contributed by atoms with E-state index < -0.39 is 0 Å². The zero-order valence-electron chi connectivity index (χ0n) is 13.1. The van der Waals surface area contributed by atoms with Crippen molar-refractivity contribution in [3.05, 3.63) is 0 Å². The number of piperidine rings is 1. The fourth-order valence-electron chi connectivity index (χ4n) is 5.05. The van der Waals surface area contributed by atoms with Crippen LogP contribution in [0.25, 0.3) is 0 Å². The molecule has 0 aromatic heterocycles. The first-order valence-corrected chi connectivity index (χ1v) is 8.59. The molecule has 2 saturated heterocycles. The summed E-state index contributed by atoms with van der Waals surface area (Å²) in [6.45, 7) is 8.58. The molecule has 0 amide bonds.